The van der Waals surface area contributed by atoms with Crippen molar-refractivity contribution in [3.63, 3.8) is 0 Å². The molecule has 0 saturated carbocycles. The Labute approximate surface area is 175 Å². The average Bonchev–Trinajstić information content (AvgIpc) is 1.76. The maximum atomic E-state index is 9.89. The van der Waals surface area contributed by atoms with Crippen molar-refractivity contribution < 1.29 is 147 Å². The zero-order valence-corrected chi connectivity index (χ0v) is 14.2. The molecule has 0 rings (SSSR count). The zero-order valence-electron chi connectivity index (χ0n) is 8.29. The van der Waals surface area contributed by atoms with Crippen molar-refractivity contribution in [2.45, 2.75) is 0 Å². The van der Waals surface area contributed by atoms with E-state index in [2.05, 4.69) is 0 Å². The van der Waals surface area contributed by atoms with Crippen molar-refractivity contribution in [1.82, 2.24) is 0 Å². The minimum atomic E-state index is -3.17. The third-order valence-corrected chi connectivity index (χ3v) is 0. The van der Waals surface area contributed by atoms with Crippen molar-refractivity contribution in [3.05, 3.63) is 0 Å². The molecule has 4 radical (unpaired) electrons. The van der Waals surface area contributed by atoms with Crippen molar-refractivity contribution >= 4 is 29.6 Å². The molecule has 0 amide bonds. The normalized spacial score (nSPS) is 5.40. The van der Waals surface area contributed by atoms with Gasteiger partial charge in [-0.05, 0) is 0 Å². The van der Waals surface area contributed by atoms with E-state index in [1.807, 2.05) is 0 Å². The van der Waals surface area contributed by atoms with Crippen LogP contribution in [0.5, 0.6) is 0 Å². The van der Waals surface area contributed by atoms with Crippen LogP contribution in [0.25, 0.3) is 0 Å². The van der Waals surface area contributed by atoms with Crippen LogP contribution >= 0.6 is 0 Å². The van der Waals surface area contributed by atoms with E-state index in [0.29, 0.717) is 0 Å². The van der Waals surface area contributed by atoms with Gasteiger partial charge in [0.25, 0.3) is 0 Å². The molecule has 0 heterocycles. The first-order valence-corrected chi connectivity index (χ1v) is 2.76. The van der Waals surface area contributed by atoms with Crippen LogP contribution in [0.1, 0.15) is 0 Å². The average molecular weight is 679 g/mol. The van der Waals surface area contributed by atoms with Gasteiger partial charge in [0.05, 0.1) is 0 Å². The molecule has 20 heavy (non-hydrogen) atoms. The van der Waals surface area contributed by atoms with Gasteiger partial charge in [0.15, 0.2) is 0 Å². The van der Waals surface area contributed by atoms with Crippen LogP contribution in [-0.2, 0) is 89.5 Å². The van der Waals surface area contributed by atoms with Crippen LogP contribution in [0.15, 0.2) is 0 Å². The fraction of sp³-hybridized carbons (Fsp3) is 0. The molecule has 0 unspecified atom stereocenters. The number of halogens is 4. The van der Waals surface area contributed by atoms with Crippen LogP contribution in [-0.4, -0.2) is 29.6 Å². The first kappa shape index (κ1) is 49.5. The Bertz CT molecular complexity index is 81.5. The smallest absolute Gasteiger partial charge is 0.867 e. The minimum Gasteiger partial charge on any atom is -0.867 e. The molecule has 20 heteroatoms. The summed E-state index contributed by atoms with van der Waals surface area (Å²) in [6.07, 6.45) is 0. The van der Waals surface area contributed by atoms with Gasteiger partial charge in [0.2, 0.25) is 0 Å². The fourth-order valence-electron chi connectivity index (χ4n) is 0. The molecule has 0 fully saturated rings. The zero-order chi connectivity index (χ0) is 14.3. The molecule has 8 nitrogen and oxygen atoms in total. The van der Waals surface area contributed by atoms with E-state index in [9.17, 15) is 17.3 Å². The van der Waals surface area contributed by atoms with Gasteiger partial charge in [-0.25, -0.2) is 0 Å². The summed E-state index contributed by atoms with van der Waals surface area (Å²) in [6, 6.07) is 0. The maximum absolute atomic E-state index is 9.89. The second-order valence-corrected chi connectivity index (χ2v) is 1.10. The predicted molar refractivity (Wildman–Crippen MR) is 27.4 cm³/mol. The van der Waals surface area contributed by atoms with E-state index >= 15 is 0 Å². The quantitative estimate of drug-likeness (QED) is 0.179. The van der Waals surface area contributed by atoms with E-state index in [4.69, 9.17) is 40.2 Å². The summed E-state index contributed by atoms with van der Waals surface area (Å²) >= 11 is 0. The van der Waals surface area contributed by atoms with Crippen LogP contribution in [0, 0.1) is 0 Å². The maximum Gasteiger partial charge on any atom is 2.00 e. The molecular formula is Ag4B4F4O8. The summed E-state index contributed by atoms with van der Waals surface area (Å²) in [6.45, 7) is 0. The van der Waals surface area contributed by atoms with Gasteiger partial charge in [0.1, 0.15) is 29.6 Å². The van der Waals surface area contributed by atoms with Gasteiger partial charge in [-0.15, -0.1) is 0 Å². The van der Waals surface area contributed by atoms with Crippen molar-refractivity contribution in [2.24, 2.45) is 0 Å². The SMILES string of the molecule is [Ag+2].[Ag+2].[Ag+2].[Ag+2].[O-]B([O-])F.[O-]B([O-])F.[O-]B([O-])F.[O-]B([O-])F. The Morgan fingerprint density at radius 2 is 0.350 bits per heavy atom. The summed E-state index contributed by atoms with van der Waals surface area (Å²) in [7, 11) is -12.7. The Morgan fingerprint density at radius 1 is 0.350 bits per heavy atom. The van der Waals surface area contributed by atoms with Gasteiger partial charge in [-0.1, -0.05) is 0 Å². The molecule has 0 aromatic heterocycles. The number of rotatable bonds is 0. The monoisotopic (exact) mass is 676 g/mol. The van der Waals surface area contributed by atoms with Crippen molar-refractivity contribution in [3.8, 4) is 0 Å². The molecule has 0 aromatic carbocycles. The van der Waals surface area contributed by atoms with E-state index < -0.39 is 29.6 Å². The molecule has 0 bridgehead atoms. The molecule has 0 aliphatic heterocycles. The molecule has 0 N–H and O–H groups in total. The molecule has 0 aliphatic rings. The second-order valence-electron chi connectivity index (χ2n) is 1.10. The van der Waals surface area contributed by atoms with Gasteiger partial charge in [-0.2, -0.15) is 0 Å². The number of hydrogen-bond donors (Lipinski definition) is 0. The Hall–Kier alpha value is 2.62. The van der Waals surface area contributed by atoms with Gasteiger partial charge in [-0.3, -0.25) is 0 Å². The molecule has 0 atom stereocenters. The Kier molecular flexibility index (Phi) is 106. The van der Waals surface area contributed by atoms with Crippen LogP contribution in [0.3, 0.4) is 0 Å². The van der Waals surface area contributed by atoms with Gasteiger partial charge < -0.3 is 57.5 Å². The second kappa shape index (κ2) is 43.0. The van der Waals surface area contributed by atoms with Crippen LogP contribution < -0.4 is 40.2 Å². The Balaban J connectivity index is -0.0000000150. The first-order valence-electron chi connectivity index (χ1n) is 2.76. The molecular weight excluding hydrogens is 679 g/mol. The summed E-state index contributed by atoms with van der Waals surface area (Å²) in [5.74, 6) is 0. The largest absolute Gasteiger partial charge is 2.00 e. The summed E-state index contributed by atoms with van der Waals surface area (Å²) in [4.78, 5) is 0. The van der Waals surface area contributed by atoms with Crippen molar-refractivity contribution in [2.75, 3.05) is 0 Å². The first-order chi connectivity index (χ1) is 6.93. The number of hydrogen-bond acceptors (Lipinski definition) is 8. The van der Waals surface area contributed by atoms with Crippen molar-refractivity contribution in [1.29, 1.82) is 0 Å². The standard InChI is InChI=1S/4Ag.4BFO2/c;;;;4*2-1(3)4/q4*+2;4*-2. The minimum absolute atomic E-state index is 0. The Morgan fingerprint density at radius 3 is 0.350 bits per heavy atom. The molecule has 0 spiro atoms. The van der Waals surface area contributed by atoms with E-state index in [1.54, 1.807) is 0 Å². The van der Waals surface area contributed by atoms with E-state index in [-0.39, 0.29) is 89.5 Å². The molecule has 132 valence electrons. The van der Waals surface area contributed by atoms with E-state index in [1.165, 1.54) is 0 Å². The predicted octanol–water partition coefficient (Wildman–Crippen LogP) is -9.36. The summed E-state index contributed by atoms with van der Waals surface area (Å²) < 4.78 is 39.6. The molecule has 0 aromatic rings. The molecule has 0 aliphatic carbocycles. The fourth-order valence-corrected chi connectivity index (χ4v) is 0. The molecule has 0 saturated heterocycles. The van der Waals surface area contributed by atoms with Gasteiger partial charge in [0, 0.05) is 0 Å². The third-order valence-electron chi connectivity index (χ3n) is 0. The van der Waals surface area contributed by atoms with E-state index in [0.717, 1.165) is 0 Å². The third kappa shape index (κ3) is 1160. The van der Waals surface area contributed by atoms with Gasteiger partial charge >= 0.3 is 89.5 Å². The summed E-state index contributed by atoms with van der Waals surface area (Å²) in [5, 5.41) is 66.4. The summed E-state index contributed by atoms with van der Waals surface area (Å²) in [5.41, 5.74) is 0. The topological polar surface area (TPSA) is 184 Å². The van der Waals surface area contributed by atoms with Crippen LogP contribution in [0.4, 0.5) is 17.3 Å². The van der Waals surface area contributed by atoms with Crippen LogP contribution in [0.2, 0.25) is 0 Å².